The Morgan fingerprint density at radius 2 is 1.79 bits per heavy atom. The Bertz CT molecular complexity index is 1360. The van der Waals surface area contributed by atoms with Gasteiger partial charge in [0.15, 0.2) is 5.82 Å². The van der Waals surface area contributed by atoms with Crippen LogP contribution in [0.4, 0.5) is 29.0 Å². The normalized spacial score (nSPS) is 14.3. The molecule has 3 heterocycles. The number of nitrogens with one attached hydrogen (secondary N) is 3. The van der Waals surface area contributed by atoms with Gasteiger partial charge in [-0.25, -0.2) is 9.67 Å². The molecule has 2 aromatic heterocycles. The summed E-state index contributed by atoms with van der Waals surface area (Å²) < 4.78 is 1.40. The van der Waals surface area contributed by atoms with Crippen LogP contribution in [0.15, 0.2) is 41.3 Å². The van der Waals surface area contributed by atoms with Gasteiger partial charge < -0.3 is 25.8 Å². The van der Waals surface area contributed by atoms with Gasteiger partial charge in [-0.1, -0.05) is 0 Å². The summed E-state index contributed by atoms with van der Waals surface area (Å²) >= 11 is 0. The zero-order chi connectivity index (χ0) is 27.4. The third-order valence-electron chi connectivity index (χ3n) is 6.35. The van der Waals surface area contributed by atoms with Gasteiger partial charge in [-0.05, 0) is 71.5 Å². The van der Waals surface area contributed by atoms with Crippen LogP contribution in [-0.4, -0.2) is 70.3 Å². The molecule has 1 saturated heterocycles. The van der Waals surface area contributed by atoms with E-state index in [4.69, 9.17) is 0 Å². The van der Waals surface area contributed by atoms with Crippen LogP contribution in [0.2, 0.25) is 0 Å². The highest BCUT2D eigenvalue weighted by atomic mass is 16.1. The Balaban J connectivity index is 1.61. The van der Waals surface area contributed by atoms with Crippen LogP contribution >= 0.6 is 0 Å². The second-order valence-corrected chi connectivity index (χ2v) is 10.5. The summed E-state index contributed by atoms with van der Waals surface area (Å²) in [5.74, 6) is 0.697. The van der Waals surface area contributed by atoms with Crippen LogP contribution in [0.5, 0.6) is 0 Å². The maximum Gasteiger partial charge on any atom is 0.267 e. The molecule has 1 amide bonds. The Hall–Kier alpha value is -3.99. The summed E-state index contributed by atoms with van der Waals surface area (Å²) in [5.41, 5.74) is 2.77. The number of hydrogen-bond acceptors (Lipinski definition) is 9. The zero-order valence-corrected chi connectivity index (χ0v) is 23.0. The van der Waals surface area contributed by atoms with Gasteiger partial charge in [-0.2, -0.15) is 10.1 Å². The van der Waals surface area contributed by atoms with E-state index in [9.17, 15) is 9.59 Å². The van der Waals surface area contributed by atoms with E-state index in [1.54, 1.807) is 6.07 Å². The largest absolute Gasteiger partial charge is 0.369 e. The van der Waals surface area contributed by atoms with Crippen LogP contribution in [0.25, 0.3) is 0 Å². The molecule has 11 heteroatoms. The minimum absolute atomic E-state index is 0.215. The van der Waals surface area contributed by atoms with Gasteiger partial charge in [-0.3, -0.25) is 9.59 Å². The summed E-state index contributed by atoms with van der Waals surface area (Å²) in [6, 6.07) is 9.21. The fourth-order valence-corrected chi connectivity index (χ4v) is 4.30. The Morgan fingerprint density at radius 1 is 1.05 bits per heavy atom. The van der Waals surface area contributed by atoms with Gasteiger partial charge in [0.25, 0.3) is 11.5 Å². The maximum absolute atomic E-state index is 12.7. The third-order valence-corrected chi connectivity index (χ3v) is 6.35. The highest BCUT2D eigenvalue weighted by Crippen LogP contribution is 2.27. The van der Waals surface area contributed by atoms with Crippen molar-refractivity contribution in [3.63, 3.8) is 0 Å². The number of aryl methyl sites for hydroxylation is 1. The number of carbonyl (C=O) groups is 1. The molecule has 0 aliphatic carbocycles. The van der Waals surface area contributed by atoms with Crippen molar-refractivity contribution >= 4 is 34.9 Å². The Morgan fingerprint density at radius 3 is 2.45 bits per heavy atom. The van der Waals surface area contributed by atoms with Crippen molar-refractivity contribution < 1.29 is 4.79 Å². The standard InChI is InChI=1S/C27H37N9O2/c1-7-28-25(38)20-17-29-26(32-24(20)31-22-10-11-23(37)36(33-22)27(3,4)5)30-19-8-9-21(18(2)16-19)35-14-12-34(6)13-15-35/h8-11,16-17H,7,12-15H2,1-6H3,(H,28,38)(H2,29,30,31,32,33). The highest BCUT2D eigenvalue weighted by molar-refractivity contribution is 5.99. The topological polar surface area (TPSA) is 120 Å². The lowest BCUT2D eigenvalue weighted by Gasteiger charge is -2.35. The van der Waals surface area contributed by atoms with Gasteiger partial charge in [0.05, 0.1) is 5.54 Å². The molecule has 1 aliphatic heterocycles. The molecule has 0 spiro atoms. The highest BCUT2D eigenvalue weighted by Gasteiger charge is 2.20. The molecule has 0 radical (unpaired) electrons. The van der Waals surface area contributed by atoms with Crippen LogP contribution in [0.3, 0.4) is 0 Å². The van der Waals surface area contributed by atoms with Crippen LogP contribution in [-0.2, 0) is 5.54 Å². The summed E-state index contributed by atoms with van der Waals surface area (Å²) in [6.07, 6.45) is 1.48. The molecule has 0 saturated carbocycles. The van der Waals surface area contributed by atoms with Crippen molar-refractivity contribution in [1.29, 1.82) is 0 Å². The van der Waals surface area contributed by atoms with Crippen molar-refractivity contribution in [1.82, 2.24) is 30.0 Å². The number of amides is 1. The molecule has 1 fully saturated rings. The number of nitrogens with zero attached hydrogens (tertiary/aromatic N) is 6. The van der Waals surface area contributed by atoms with Crippen molar-refractivity contribution in [2.24, 2.45) is 0 Å². The first-order valence-electron chi connectivity index (χ1n) is 12.9. The Kier molecular flexibility index (Phi) is 7.96. The van der Waals surface area contributed by atoms with E-state index in [-0.39, 0.29) is 22.8 Å². The molecule has 202 valence electrons. The molecule has 11 nitrogen and oxygen atoms in total. The molecule has 0 unspecified atom stereocenters. The first kappa shape index (κ1) is 27.1. The lowest BCUT2D eigenvalue weighted by Crippen LogP contribution is -2.44. The van der Waals surface area contributed by atoms with Gasteiger partial charge in [0.1, 0.15) is 11.4 Å². The monoisotopic (exact) mass is 519 g/mol. The van der Waals surface area contributed by atoms with Crippen molar-refractivity contribution in [3.05, 3.63) is 58.0 Å². The van der Waals surface area contributed by atoms with Gasteiger partial charge >= 0.3 is 0 Å². The van der Waals surface area contributed by atoms with E-state index in [2.05, 4.69) is 66.9 Å². The van der Waals surface area contributed by atoms with E-state index in [0.717, 1.165) is 37.4 Å². The van der Waals surface area contributed by atoms with Crippen LogP contribution in [0.1, 0.15) is 43.6 Å². The molecule has 4 rings (SSSR count). The predicted molar refractivity (Wildman–Crippen MR) is 151 cm³/mol. The van der Waals surface area contributed by atoms with E-state index in [1.165, 1.54) is 22.6 Å². The summed E-state index contributed by atoms with van der Waals surface area (Å²) in [7, 11) is 2.15. The number of carbonyl (C=O) groups excluding carboxylic acids is 1. The third kappa shape index (κ3) is 6.28. The van der Waals surface area contributed by atoms with Crippen molar-refractivity contribution in [3.8, 4) is 0 Å². The number of aromatic nitrogens is 4. The summed E-state index contributed by atoms with van der Waals surface area (Å²) in [4.78, 5) is 38.8. The fourth-order valence-electron chi connectivity index (χ4n) is 4.30. The Labute approximate surface area is 223 Å². The molecule has 3 aromatic rings. The number of benzene rings is 1. The summed E-state index contributed by atoms with van der Waals surface area (Å²) in [6.45, 7) is 14.2. The second kappa shape index (κ2) is 11.2. The smallest absolute Gasteiger partial charge is 0.267 e. The minimum Gasteiger partial charge on any atom is -0.369 e. The molecule has 0 bridgehead atoms. The number of anilines is 5. The van der Waals surface area contributed by atoms with E-state index in [0.29, 0.717) is 18.3 Å². The average molecular weight is 520 g/mol. The first-order valence-corrected chi connectivity index (χ1v) is 12.9. The SMILES string of the molecule is CCNC(=O)c1cnc(Nc2ccc(N3CCN(C)CC3)c(C)c2)nc1Nc1ccc(=O)n(C(C)(C)C)n1. The van der Waals surface area contributed by atoms with Gasteiger partial charge in [-0.15, -0.1) is 0 Å². The molecular weight excluding hydrogens is 482 g/mol. The van der Waals surface area contributed by atoms with Crippen LogP contribution in [0, 0.1) is 6.92 Å². The minimum atomic E-state index is -0.510. The number of likely N-dealkylation sites (N-methyl/N-ethyl adjacent to an activating group) is 1. The molecule has 0 atom stereocenters. The number of rotatable bonds is 7. The molecule has 3 N–H and O–H groups in total. The molecular formula is C27H37N9O2. The van der Waals surface area contributed by atoms with Crippen LogP contribution < -0.4 is 26.4 Å². The number of hydrogen-bond donors (Lipinski definition) is 3. The average Bonchev–Trinajstić information content (AvgIpc) is 2.86. The van der Waals surface area contributed by atoms with E-state index < -0.39 is 5.54 Å². The lowest BCUT2D eigenvalue weighted by molar-refractivity contribution is 0.0956. The van der Waals surface area contributed by atoms with Gasteiger partial charge in [0, 0.05) is 56.4 Å². The van der Waals surface area contributed by atoms with E-state index >= 15 is 0 Å². The van der Waals surface area contributed by atoms with Gasteiger partial charge in [0.2, 0.25) is 5.95 Å². The zero-order valence-electron chi connectivity index (χ0n) is 23.0. The fraction of sp³-hybridized carbons (Fsp3) is 0.444. The van der Waals surface area contributed by atoms with E-state index in [1.807, 2.05) is 33.8 Å². The number of piperazine rings is 1. The first-order chi connectivity index (χ1) is 18.0. The lowest BCUT2D eigenvalue weighted by atomic mass is 10.1. The predicted octanol–water partition coefficient (Wildman–Crippen LogP) is 3.09. The van der Waals surface area contributed by atoms with Crippen molar-refractivity contribution in [2.75, 3.05) is 55.3 Å². The molecule has 1 aromatic carbocycles. The van der Waals surface area contributed by atoms with Crippen molar-refractivity contribution in [2.45, 2.75) is 40.2 Å². The second-order valence-electron chi connectivity index (χ2n) is 10.5. The summed E-state index contributed by atoms with van der Waals surface area (Å²) in [5, 5.41) is 13.6. The molecule has 38 heavy (non-hydrogen) atoms. The quantitative estimate of drug-likeness (QED) is 0.432. The maximum atomic E-state index is 12.7. The molecule has 1 aliphatic rings.